The largest absolute Gasteiger partial charge is 0.326 e. The van der Waals surface area contributed by atoms with Crippen LogP contribution in [0.5, 0.6) is 0 Å². The van der Waals surface area contributed by atoms with Crippen molar-refractivity contribution in [1.29, 1.82) is 0 Å². The smallest absolute Gasteiger partial charge is 0.228 e. The molecule has 0 heterocycles. The molecule has 0 saturated carbocycles. The summed E-state index contributed by atoms with van der Waals surface area (Å²) in [6.45, 7) is 5.46. The van der Waals surface area contributed by atoms with Gasteiger partial charge in [-0.2, -0.15) is 0 Å². The number of benzene rings is 2. The number of carbonyl (C=O) groups excluding carboxylic acids is 2. The summed E-state index contributed by atoms with van der Waals surface area (Å²) in [5.41, 5.74) is 4.69. The van der Waals surface area contributed by atoms with Crippen molar-refractivity contribution in [3.05, 3.63) is 59.2 Å². The lowest BCUT2D eigenvalue weighted by Crippen LogP contribution is -2.15. The number of hydrogen-bond acceptors (Lipinski definition) is 2. The van der Waals surface area contributed by atoms with E-state index in [-0.39, 0.29) is 11.8 Å². The van der Waals surface area contributed by atoms with Gasteiger partial charge in [0.15, 0.2) is 0 Å². The maximum absolute atomic E-state index is 12.1. The second kappa shape index (κ2) is 6.89. The van der Waals surface area contributed by atoms with Gasteiger partial charge in [-0.05, 0) is 43.2 Å². The number of anilines is 2. The molecular weight excluding hydrogens is 276 g/mol. The molecule has 0 aromatic heterocycles. The Balaban J connectivity index is 1.98. The molecule has 0 unspecified atom stereocenters. The lowest BCUT2D eigenvalue weighted by atomic mass is 10.1. The Bertz CT molecular complexity index is 691. The van der Waals surface area contributed by atoms with Crippen LogP contribution in [0.4, 0.5) is 11.4 Å². The summed E-state index contributed by atoms with van der Waals surface area (Å²) in [4.78, 5) is 23.1. The second-order valence-electron chi connectivity index (χ2n) is 5.42. The average molecular weight is 296 g/mol. The summed E-state index contributed by atoms with van der Waals surface area (Å²) < 4.78 is 0. The predicted octanol–water partition coefficient (Wildman–Crippen LogP) is 3.44. The molecule has 0 bridgehead atoms. The molecule has 0 aliphatic carbocycles. The molecule has 0 aliphatic heterocycles. The molecule has 0 saturated heterocycles. The van der Waals surface area contributed by atoms with Gasteiger partial charge in [-0.1, -0.05) is 29.8 Å². The van der Waals surface area contributed by atoms with E-state index < -0.39 is 0 Å². The average Bonchev–Trinajstić information content (AvgIpc) is 2.43. The van der Waals surface area contributed by atoms with Crippen molar-refractivity contribution in [1.82, 2.24) is 0 Å². The lowest BCUT2D eigenvalue weighted by molar-refractivity contribution is -0.116. The molecule has 0 atom stereocenters. The van der Waals surface area contributed by atoms with E-state index in [2.05, 4.69) is 10.6 Å². The molecule has 4 heteroatoms. The van der Waals surface area contributed by atoms with Gasteiger partial charge < -0.3 is 10.6 Å². The maximum atomic E-state index is 12.1. The minimum Gasteiger partial charge on any atom is -0.326 e. The number of amides is 2. The maximum Gasteiger partial charge on any atom is 0.228 e. The standard InChI is InChI=1S/C18H20N2O2/c1-12-4-9-17(13(2)10-12)20-18(22)11-15-5-7-16(8-6-15)19-14(3)21/h4-10H,11H2,1-3H3,(H,19,21)(H,20,22). The van der Waals surface area contributed by atoms with E-state index in [0.29, 0.717) is 6.42 Å². The molecule has 2 amide bonds. The highest BCUT2D eigenvalue weighted by atomic mass is 16.2. The lowest BCUT2D eigenvalue weighted by Gasteiger charge is -2.09. The van der Waals surface area contributed by atoms with Gasteiger partial charge in [0.05, 0.1) is 6.42 Å². The van der Waals surface area contributed by atoms with Gasteiger partial charge in [0.25, 0.3) is 0 Å². The van der Waals surface area contributed by atoms with Gasteiger partial charge in [0.1, 0.15) is 0 Å². The first-order chi connectivity index (χ1) is 10.4. The van der Waals surface area contributed by atoms with Crippen LogP contribution in [0, 0.1) is 13.8 Å². The normalized spacial score (nSPS) is 10.1. The highest BCUT2D eigenvalue weighted by Gasteiger charge is 2.06. The molecule has 22 heavy (non-hydrogen) atoms. The van der Waals surface area contributed by atoms with Crippen LogP contribution in [0.3, 0.4) is 0 Å². The van der Waals surface area contributed by atoms with Crippen molar-refractivity contribution >= 4 is 23.2 Å². The third kappa shape index (κ3) is 4.45. The molecular formula is C18H20N2O2. The van der Waals surface area contributed by atoms with Crippen LogP contribution in [0.15, 0.2) is 42.5 Å². The predicted molar refractivity (Wildman–Crippen MR) is 89.0 cm³/mol. The van der Waals surface area contributed by atoms with Crippen LogP contribution in [-0.4, -0.2) is 11.8 Å². The first-order valence-corrected chi connectivity index (χ1v) is 7.17. The first kappa shape index (κ1) is 15.8. The molecule has 2 aromatic rings. The first-order valence-electron chi connectivity index (χ1n) is 7.17. The molecule has 2 aromatic carbocycles. The molecule has 4 nitrogen and oxygen atoms in total. The van der Waals surface area contributed by atoms with E-state index in [1.807, 2.05) is 44.2 Å². The summed E-state index contributed by atoms with van der Waals surface area (Å²) in [6.07, 6.45) is 0.299. The SMILES string of the molecule is CC(=O)Nc1ccc(CC(=O)Nc2ccc(C)cc2C)cc1. The molecule has 2 rings (SSSR count). The Morgan fingerprint density at radius 1 is 0.955 bits per heavy atom. The van der Waals surface area contributed by atoms with Crippen molar-refractivity contribution in [3.63, 3.8) is 0 Å². The van der Waals surface area contributed by atoms with Crippen LogP contribution in [0.1, 0.15) is 23.6 Å². The van der Waals surface area contributed by atoms with Gasteiger partial charge in [-0.15, -0.1) is 0 Å². The van der Waals surface area contributed by atoms with Crippen molar-refractivity contribution in [3.8, 4) is 0 Å². The molecule has 0 aliphatic rings. The summed E-state index contributed by atoms with van der Waals surface area (Å²) in [5.74, 6) is -0.167. The Morgan fingerprint density at radius 2 is 1.64 bits per heavy atom. The molecule has 114 valence electrons. The van der Waals surface area contributed by atoms with Gasteiger partial charge in [0.2, 0.25) is 11.8 Å². The quantitative estimate of drug-likeness (QED) is 0.908. The zero-order chi connectivity index (χ0) is 16.1. The second-order valence-corrected chi connectivity index (χ2v) is 5.42. The van der Waals surface area contributed by atoms with Crippen LogP contribution >= 0.6 is 0 Å². The number of aryl methyl sites for hydroxylation is 2. The van der Waals surface area contributed by atoms with Crippen LogP contribution < -0.4 is 10.6 Å². The summed E-state index contributed by atoms with van der Waals surface area (Å²) in [6, 6.07) is 13.2. The van der Waals surface area contributed by atoms with Crippen molar-refractivity contribution in [2.75, 3.05) is 10.6 Å². The van der Waals surface area contributed by atoms with E-state index in [1.54, 1.807) is 12.1 Å². The number of rotatable bonds is 4. The molecule has 0 spiro atoms. The van der Waals surface area contributed by atoms with E-state index in [0.717, 1.165) is 22.5 Å². The Morgan fingerprint density at radius 3 is 2.23 bits per heavy atom. The summed E-state index contributed by atoms with van der Waals surface area (Å²) in [5, 5.41) is 5.62. The zero-order valence-corrected chi connectivity index (χ0v) is 13.1. The fourth-order valence-electron chi connectivity index (χ4n) is 2.24. The fourth-order valence-corrected chi connectivity index (χ4v) is 2.24. The van der Waals surface area contributed by atoms with Gasteiger partial charge in [-0.3, -0.25) is 9.59 Å². The van der Waals surface area contributed by atoms with Crippen molar-refractivity contribution < 1.29 is 9.59 Å². The molecule has 2 N–H and O–H groups in total. The Kier molecular flexibility index (Phi) is 4.94. The summed E-state index contributed by atoms with van der Waals surface area (Å²) >= 11 is 0. The zero-order valence-electron chi connectivity index (χ0n) is 13.1. The molecule has 0 radical (unpaired) electrons. The Hall–Kier alpha value is -2.62. The third-order valence-corrected chi connectivity index (χ3v) is 3.29. The molecule has 0 fully saturated rings. The minimum atomic E-state index is -0.111. The highest BCUT2D eigenvalue weighted by molar-refractivity contribution is 5.93. The summed E-state index contributed by atoms with van der Waals surface area (Å²) in [7, 11) is 0. The monoisotopic (exact) mass is 296 g/mol. The van der Waals surface area contributed by atoms with Crippen molar-refractivity contribution in [2.45, 2.75) is 27.2 Å². The number of nitrogens with one attached hydrogen (secondary N) is 2. The number of carbonyl (C=O) groups is 2. The van der Waals surface area contributed by atoms with E-state index in [1.165, 1.54) is 12.5 Å². The fraction of sp³-hybridized carbons (Fsp3) is 0.222. The van der Waals surface area contributed by atoms with E-state index in [4.69, 9.17) is 0 Å². The van der Waals surface area contributed by atoms with Crippen LogP contribution in [0.25, 0.3) is 0 Å². The van der Waals surface area contributed by atoms with Crippen molar-refractivity contribution in [2.24, 2.45) is 0 Å². The minimum absolute atomic E-state index is 0.0563. The third-order valence-electron chi connectivity index (χ3n) is 3.29. The van der Waals surface area contributed by atoms with Gasteiger partial charge in [0, 0.05) is 18.3 Å². The van der Waals surface area contributed by atoms with Gasteiger partial charge >= 0.3 is 0 Å². The van der Waals surface area contributed by atoms with E-state index >= 15 is 0 Å². The topological polar surface area (TPSA) is 58.2 Å². The van der Waals surface area contributed by atoms with E-state index in [9.17, 15) is 9.59 Å². The van der Waals surface area contributed by atoms with Crippen LogP contribution in [0.2, 0.25) is 0 Å². The number of hydrogen-bond donors (Lipinski definition) is 2. The van der Waals surface area contributed by atoms with Crippen LogP contribution in [-0.2, 0) is 16.0 Å². The Labute approximate surface area is 130 Å². The van der Waals surface area contributed by atoms with Gasteiger partial charge in [-0.25, -0.2) is 0 Å². The highest BCUT2D eigenvalue weighted by Crippen LogP contribution is 2.17.